The van der Waals surface area contributed by atoms with Crippen molar-refractivity contribution in [3.63, 3.8) is 0 Å². The van der Waals surface area contributed by atoms with Crippen LogP contribution in [0.2, 0.25) is 0 Å². The third kappa shape index (κ3) is 5.09. The Balaban J connectivity index is 1.98. The van der Waals surface area contributed by atoms with E-state index in [2.05, 4.69) is 15.9 Å². The molecular formula is C18H19BrFNO4. The fourth-order valence-electron chi connectivity index (χ4n) is 2.17. The van der Waals surface area contributed by atoms with Crippen molar-refractivity contribution >= 4 is 21.8 Å². The Morgan fingerprint density at radius 2 is 1.88 bits per heavy atom. The summed E-state index contributed by atoms with van der Waals surface area (Å²) < 4.78 is 30.1. The molecule has 25 heavy (non-hydrogen) atoms. The Morgan fingerprint density at radius 3 is 2.52 bits per heavy atom. The molecule has 0 unspecified atom stereocenters. The number of rotatable bonds is 7. The molecule has 0 heterocycles. The molecule has 2 aromatic rings. The Morgan fingerprint density at radius 1 is 1.12 bits per heavy atom. The topological polar surface area (TPSA) is 48.0 Å². The van der Waals surface area contributed by atoms with E-state index in [0.29, 0.717) is 22.5 Å². The summed E-state index contributed by atoms with van der Waals surface area (Å²) in [5.74, 6) is 0.524. The van der Waals surface area contributed by atoms with E-state index in [1.165, 1.54) is 17.0 Å². The molecule has 5 nitrogen and oxygen atoms in total. The summed E-state index contributed by atoms with van der Waals surface area (Å²) >= 11 is 3.17. The van der Waals surface area contributed by atoms with Gasteiger partial charge in [0.05, 0.1) is 14.2 Å². The lowest BCUT2D eigenvalue weighted by molar-refractivity contribution is -0.132. The first-order valence-electron chi connectivity index (χ1n) is 7.47. The van der Waals surface area contributed by atoms with Crippen molar-refractivity contribution < 1.29 is 23.4 Å². The molecule has 0 saturated carbocycles. The molecule has 0 aliphatic rings. The molecule has 2 rings (SSSR count). The SMILES string of the molecule is COc1ccc(CN(C)C(=O)COc2ccc(Br)cc2F)c(OC)c1. The smallest absolute Gasteiger partial charge is 0.260 e. The first-order chi connectivity index (χ1) is 11.9. The molecular weight excluding hydrogens is 393 g/mol. The Bertz CT molecular complexity index is 754. The number of amides is 1. The lowest BCUT2D eigenvalue weighted by Gasteiger charge is -2.19. The van der Waals surface area contributed by atoms with E-state index in [1.54, 1.807) is 39.5 Å². The maximum atomic E-state index is 13.7. The summed E-state index contributed by atoms with van der Waals surface area (Å²) in [5.41, 5.74) is 0.828. The zero-order chi connectivity index (χ0) is 18.4. The molecule has 0 aromatic heterocycles. The highest BCUT2D eigenvalue weighted by Gasteiger charge is 2.14. The van der Waals surface area contributed by atoms with Crippen molar-refractivity contribution in [1.29, 1.82) is 0 Å². The molecule has 0 atom stereocenters. The second-order valence-corrected chi connectivity index (χ2v) is 6.21. The van der Waals surface area contributed by atoms with Gasteiger partial charge in [0.15, 0.2) is 18.2 Å². The fraction of sp³-hybridized carbons (Fsp3) is 0.278. The minimum Gasteiger partial charge on any atom is -0.497 e. The van der Waals surface area contributed by atoms with Crippen molar-refractivity contribution in [1.82, 2.24) is 4.90 Å². The van der Waals surface area contributed by atoms with Gasteiger partial charge in [0, 0.05) is 29.7 Å². The molecule has 0 fully saturated rings. The molecule has 0 aliphatic heterocycles. The Kier molecular flexibility index (Phi) is 6.64. The fourth-order valence-corrected chi connectivity index (χ4v) is 2.50. The second kappa shape index (κ2) is 8.71. The number of hydrogen-bond donors (Lipinski definition) is 0. The number of likely N-dealkylation sites (N-methyl/N-ethyl adjacent to an activating group) is 1. The number of carbonyl (C=O) groups is 1. The van der Waals surface area contributed by atoms with Crippen LogP contribution in [-0.2, 0) is 11.3 Å². The zero-order valence-corrected chi connectivity index (χ0v) is 15.8. The molecule has 1 amide bonds. The van der Waals surface area contributed by atoms with E-state index in [-0.39, 0.29) is 18.3 Å². The molecule has 0 aliphatic carbocycles. The summed E-state index contributed by atoms with van der Waals surface area (Å²) in [6, 6.07) is 9.78. The van der Waals surface area contributed by atoms with Crippen LogP contribution in [0.15, 0.2) is 40.9 Å². The van der Waals surface area contributed by atoms with Crippen molar-refractivity contribution in [2.24, 2.45) is 0 Å². The number of halogens is 2. The molecule has 7 heteroatoms. The van der Waals surface area contributed by atoms with Crippen molar-refractivity contribution in [3.05, 3.63) is 52.3 Å². The highest BCUT2D eigenvalue weighted by Crippen LogP contribution is 2.26. The van der Waals surface area contributed by atoms with E-state index in [4.69, 9.17) is 14.2 Å². The number of benzene rings is 2. The van der Waals surface area contributed by atoms with Gasteiger partial charge in [-0.25, -0.2) is 4.39 Å². The van der Waals surface area contributed by atoms with Crippen LogP contribution >= 0.6 is 15.9 Å². The van der Waals surface area contributed by atoms with Crippen molar-refractivity contribution in [3.8, 4) is 17.2 Å². The summed E-state index contributed by atoms with van der Waals surface area (Å²) in [6.07, 6.45) is 0. The predicted molar refractivity (Wildman–Crippen MR) is 95.6 cm³/mol. The van der Waals surface area contributed by atoms with Crippen LogP contribution < -0.4 is 14.2 Å². The van der Waals surface area contributed by atoms with Crippen LogP contribution in [0, 0.1) is 5.82 Å². The van der Waals surface area contributed by atoms with Gasteiger partial charge in [0.25, 0.3) is 5.91 Å². The van der Waals surface area contributed by atoms with Gasteiger partial charge in [-0.1, -0.05) is 15.9 Å². The maximum absolute atomic E-state index is 13.7. The lowest BCUT2D eigenvalue weighted by Crippen LogP contribution is -2.31. The average Bonchev–Trinajstić information content (AvgIpc) is 2.60. The van der Waals surface area contributed by atoms with Crippen LogP contribution in [0.1, 0.15) is 5.56 Å². The largest absolute Gasteiger partial charge is 0.497 e. The average molecular weight is 412 g/mol. The second-order valence-electron chi connectivity index (χ2n) is 5.29. The first kappa shape index (κ1) is 19.1. The molecule has 0 saturated heterocycles. The summed E-state index contributed by atoms with van der Waals surface area (Å²) in [5, 5.41) is 0. The van der Waals surface area contributed by atoms with Crippen LogP contribution in [0.5, 0.6) is 17.2 Å². The third-order valence-electron chi connectivity index (χ3n) is 3.57. The standard InChI is InChI=1S/C18H19BrFNO4/c1-21(10-12-4-6-14(23-2)9-17(12)24-3)18(22)11-25-16-7-5-13(19)8-15(16)20/h4-9H,10-11H2,1-3H3. The molecule has 0 radical (unpaired) electrons. The van der Waals surface area contributed by atoms with Gasteiger partial charge in [0.2, 0.25) is 0 Å². The monoisotopic (exact) mass is 411 g/mol. The van der Waals surface area contributed by atoms with Crippen LogP contribution in [0.3, 0.4) is 0 Å². The summed E-state index contributed by atoms with van der Waals surface area (Å²) in [7, 11) is 4.77. The number of ether oxygens (including phenoxy) is 3. The third-order valence-corrected chi connectivity index (χ3v) is 4.07. The number of hydrogen-bond acceptors (Lipinski definition) is 4. The number of nitrogens with zero attached hydrogens (tertiary/aromatic N) is 1. The van der Waals surface area contributed by atoms with E-state index in [1.807, 2.05) is 6.07 Å². The van der Waals surface area contributed by atoms with Gasteiger partial charge in [-0.3, -0.25) is 4.79 Å². The van der Waals surface area contributed by atoms with Gasteiger partial charge < -0.3 is 19.1 Å². The number of carbonyl (C=O) groups excluding carboxylic acids is 1. The summed E-state index contributed by atoms with van der Waals surface area (Å²) in [6.45, 7) is 0.0751. The summed E-state index contributed by atoms with van der Waals surface area (Å²) in [4.78, 5) is 13.7. The highest BCUT2D eigenvalue weighted by atomic mass is 79.9. The Hall–Kier alpha value is -2.28. The minimum atomic E-state index is -0.526. The molecule has 0 spiro atoms. The number of methoxy groups -OCH3 is 2. The first-order valence-corrected chi connectivity index (χ1v) is 8.26. The van der Waals surface area contributed by atoms with Gasteiger partial charge in [0.1, 0.15) is 11.5 Å². The minimum absolute atomic E-state index is 0.0342. The van der Waals surface area contributed by atoms with Gasteiger partial charge >= 0.3 is 0 Å². The quantitative estimate of drug-likeness (QED) is 0.697. The predicted octanol–water partition coefficient (Wildman–Crippen LogP) is 3.64. The normalized spacial score (nSPS) is 10.3. The van der Waals surface area contributed by atoms with Gasteiger partial charge in [-0.05, 0) is 30.3 Å². The van der Waals surface area contributed by atoms with Crippen LogP contribution in [-0.4, -0.2) is 38.7 Å². The molecule has 0 N–H and O–H groups in total. The van der Waals surface area contributed by atoms with E-state index in [9.17, 15) is 9.18 Å². The van der Waals surface area contributed by atoms with Gasteiger partial charge in [-0.2, -0.15) is 0 Å². The Labute approximate surface area is 154 Å². The van der Waals surface area contributed by atoms with E-state index in [0.717, 1.165) is 5.56 Å². The zero-order valence-electron chi connectivity index (χ0n) is 14.2. The van der Waals surface area contributed by atoms with Crippen molar-refractivity contribution in [2.45, 2.75) is 6.54 Å². The van der Waals surface area contributed by atoms with Gasteiger partial charge in [-0.15, -0.1) is 0 Å². The van der Waals surface area contributed by atoms with Crippen molar-refractivity contribution in [2.75, 3.05) is 27.9 Å². The van der Waals surface area contributed by atoms with E-state index >= 15 is 0 Å². The molecule has 134 valence electrons. The van der Waals surface area contributed by atoms with Crippen LogP contribution in [0.4, 0.5) is 4.39 Å². The molecule has 0 bridgehead atoms. The van der Waals surface area contributed by atoms with Crippen LogP contribution in [0.25, 0.3) is 0 Å². The molecule has 2 aromatic carbocycles. The maximum Gasteiger partial charge on any atom is 0.260 e. The lowest BCUT2D eigenvalue weighted by atomic mass is 10.2. The van der Waals surface area contributed by atoms with E-state index < -0.39 is 5.82 Å². The highest BCUT2D eigenvalue weighted by molar-refractivity contribution is 9.10.